The molecule has 3 N–H and O–H groups in total. The molecule has 2 rings (SSSR count). The zero-order chi connectivity index (χ0) is 14.5. The second-order valence-corrected chi connectivity index (χ2v) is 5.30. The van der Waals surface area contributed by atoms with Crippen molar-refractivity contribution in [1.29, 1.82) is 0 Å². The molecule has 1 heterocycles. The predicted octanol–water partition coefficient (Wildman–Crippen LogP) is 1.88. The first-order valence-electron chi connectivity index (χ1n) is 6.95. The van der Waals surface area contributed by atoms with Crippen molar-refractivity contribution in [3.63, 3.8) is 0 Å². The number of carbonyl (C=O) groups is 1. The molecule has 0 radical (unpaired) electrons. The summed E-state index contributed by atoms with van der Waals surface area (Å²) in [4.78, 5) is 16.2. The minimum atomic E-state index is -0.444. The normalized spacial score (nSPS) is 12.6. The summed E-state index contributed by atoms with van der Waals surface area (Å²) in [6.07, 6.45) is 2.55. The van der Waals surface area contributed by atoms with Crippen molar-refractivity contribution in [3.8, 4) is 0 Å². The van der Waals surface area contributed by atoms with Crippen LogP contribution in [0.25, 0.3) is 10.9 Å². The van der Waals surface area contributed by atoms with Crippen molar-refractivity contribution in [3.05, 3.63) is 42.1 Å². The Morgan fingerprint density at radius 3 is 2.80 bits per heavy atom. The molecule has 20 heavy (non-hydrogen) atoms. The van der Waals surface area contributed by atoms with Crippen molar-refractivity contribution in [2.45, 2.75) is 26.3 Å². The number of hydrogen-bond donors (Lipinski definition) is 2. The van der Waals surface area contributed by atoms with Gasteiger partial charge in [0.1, 0.15) is 0 Å². The van der Waals surface area contributed by atoms with Crippen LogP contribution >= 0.6 is 0 Å². The highest BCUT2D eigenvalue weighted by atomic mass is 16.2. The molecule has 4 nitrogen and oxygen atoms in total. The van der Waals surface area contributed by atoms with Gasteiger partial charge >= 0.3 is 0 Å². The first-order valence-corrected chi connectivity index (χ1v) is 6.95. The number of amides is 1. The van der Waals surface area contributed by atoms with Gasteiger partial charge in [-0.15, -0.1) is 0 Å². The third-order valence-corrected chi connectivity index (χ3v) is 3.43. The maximum Gasteiger partial charge on any atom is 0.237 e. The van der Waals surface area contributed by atoms with Crippen LogP contribution in [-0.2, 0) is 11.2 Å². The molecule has 4 heteroatoms. The Morgan fingerprint density at radius 2 is 2.05 bits per heavy atom. The van der Waals surface area contributed by atoms with E-state index in [-0.39, 0.29) is 11.8 Å². The lowest BCUT2D eigenvalue weighted by molar-refractivity contribution is -0.123. The van der Waals surface area contributed by atoms with Crippen molar-refractivity contribution >= 4 is 16.8 Å². The summed E-state index contributed by atoms with van der Waals surface area (Å²) in [7, 11) is 0. The van der Waals surface area contributed by atoms with E-state index in [4.69, 9.17) is 5.73 Å². The van der Waals surface area contributed by atoms with Crippen LogP contribution in [0.15, 0.2) is 36.5 Å². The number of benzene rings is 1. The number of nitrogens with zero attached hydrogens (tertiary/aromatic N) is 1. The molecule has 0 aliphatic heterocycles. The Kier molecular flexibility index (Phi) is 4.69. The van der Waals surface area contributed by atoms with E-state index >= 15 is 0 Å². The predicted molar refractivity (Wildman–Crippen MR) is 81.3 cm³/mol. The monoisotopic (exact) mass is 271 g/mol. The van der Waals surface area contributed by atoms with Crippen LogP contribution < -0.4 is 11.1 Å². The van der Waals surface area contributed by atoms with Crippen LogP contribution in [0, 0.1) is 5.92 Å². The van der Waals surface area contributed by atoms with Gasteiger partial charge in [0, 0.05) is 18.1 Å². The number of nitrogens with one attached hydrogen (secondary N) is 1. The average molecular weight is 271 g/mol. The molecule has 0 bridgehead atoms. The number of pyridine rings is 1. The fourth-order valence-electron chi connectivity index (χ4n) is 2.11. The van der Waals surface area contributed by atoms with Gasteiger partial charge in [0.25, 0.3) is 0 Å². The second kappa shape index (κ2) is 6.48. The second-order valence-electron chi connectivity index (χ2n) is 5.30. The molecular formula is C16H21N3O. The van der Waals surface area contributed by atoms with Crippen LogP contribution in [0.5, 0.6) is 0 Å². The van der Waals surface area contributed by atoms with Gasteiger partial charge in [0.05, 0.1) is 11.6 Å². The molecule has 1 aromatic heterocycles. The highest BCUT2D eigenvalue weighted by Crippen LogP contribution is 2.15. The van der Waals surface area contributed by atoms with Crippen LogP contribution in [0.3, 0.4) is 0 Å². The molecule has 0 saturated carbocycles. The van der Waals surface area contributed by atoms with E-state index in [1.807, 2.05) is 44.2 Å². The standard InChI is InChI=1S/C16H21N3O/c1-11(2)14(17)16(20)19-10-8-13-6-3-5-12-7-4-9-18-15(12)13/h3-7,9,11,14H,8,10,17H2,1-2H3,(H,19,20)/t14-/m1/s1. The molecule has 0 spiro atoms. The maximum absolute atomic E-state index is 11.8. The smallest absolute Gasteiger partial charge is 0.237 e. The maximum atomic E-state index is 11.8. The summed E-state index contributed by atoms with van der Waals surface area (Å²) in [6, 6.07) is 9.62. The van der Waals surface area contributed by atoms with E-state index in [0.717, 1.165) is 22.9 Å². The summed E-state index contributed by atoms with van der Waals surface area (Å²) >= 11 is 0. The van der Waals surface area contributed by atoms with Gasteiger partial charge < -0.3 is 11.1 Å². The lowest BCUT2D eigenvalue weighted by Gasteiger charge is -2.15. The summed E-state index contributed by atoms with van der Waals surface area (Å²) in [5.74, 6) is 0.0578. The quantitative estimate of drug-likeness (QED) is 0.872. The van der Waals surface area contributed by atoms with E-state index in [1.165, 1.54) is 0 Å². The molecular weight excluding hydrogens is 250 g/mol. The zero-order valence-electron chi connectivity index (χ0n) is 12.0. The van der Waals surface area contributed by atoms with Crippen LogP contribution in [-0.4, -0.2) is 23.5 Å². The Bertz CT molecular complexity index is 590. The molecule has 1 amide bonds. The van der Waals surface area contributed by atoms with Crippen molar-refractivity contribution in [1.82, 2.24) is 10.3 Å². The molecule has 2 aromatic rings. The fraction of sp³-hybridized carbons (Fsp3) is 0.375. The van der Waals surface area contributed by atoms with E-state index in [2.05, 4.69) is 10.3 Å². The SMILES string of the molecule is CC(C)[C@@H](N)C(=O)NCCc1cccc2cccnc12. The third-order valence-electron chi connectivity index (χ3n) is 3.43. The first kappa shape index (κ1) is 14.5. The largest absolute Gasteiger partial charge is 0.354 e. The summed E-state index contributed by atoms with van der Waals surface area (Å²) < 4.78 is 0. The summed E-state index contributed by atoms with van der Waals surface area (Å²) in [5.41, 5.74) is 7.94. The number of hydrogen-bond acceptors (Lipinski definition) is 3. The molecule has 106 valence electrons. The summed E-state index contributed by atoms with van der Waals surface area (Å²) in [6.45, 7) is 4.46. The van der Waals surface area contributed by atoms with Gasteiger partial charge in [-0.3, -0.25) is 9.78 Å². The molecule has 0 aliphatic carbocycles. The van der Waals surface area contributed by atoms with E-state index in [0.29, 0.717) is 6.54 Å². The highest BCUT2D eigenvalue weighted by Gasteiger charge is 2.16. The molecule has 0 saturated heterocycles. The number of aromatic nitrogens is 1. The van der Waals surface area contributed by atoms with Crippen LogP contribution in [0.2, 0.25) is 0 Å². The van der Waals surface area contributed by atoms with Gasteiger partial charge in [0.15, 0.2) is 0 Å². The van der Waals surface area contributed by atoms with Crippen molar-refractivity contribution < 1.29 is 4.79 Å². The van der Waals surface area contributed by atoms with Gasteiger partial charge in [-0.25, -0.2) is 0 Å². The zero-order valence-corrected chi connectivity index (χ0v) is 12.0. The number of rotatable bonds is 5. The molecule has 0 fully saturated rings. The lowest BCUT2D eigenvalue weighted by atomic mass is 10.0. The third kappa shape index (κ3) is 3.33. The van der Waals surface area contributed by atoms with E-state index in [9.17, 15) is 4.79 Å². The Hall–Kier alpha value is -1.94. The molecule has 0 aliphatic rings. The molecule has 1 aromatic carbocycles. The van der Waals surface area contributed by atoms with Crippen molar-refractivity contribution in [2.75, 3.05) is 6.54 Å². The van der Waals surface area contributed by atoms with Gasteiger partial charge in [-0.05, 0) is 24.0 Å². The van der Waals surface area contributed by atoms with Crippen LogP contribution in [0.1, 0.15) is 19.4 Å². The topological polar surface area (TPSA) is 68.0 Å². The Balaban J connectivity index is 1.98. The molecule has 1 atom stereocenters. The number of nitrogens with two attached hydrogens (primary N) is 1. The van der Waals surface area contributed by atoms with Gasteiger partial charge in [-0.2, -0.15) is 0 Å². The fourth-order valence-corrected chi connectivity index (χ4v) is 2.11. The van der Waals surface area contributed by atoms with Crippen molar-refractivity contribution in [2.24, 2.45) is 11.7 Å². The number of para-hydroxylation sites is 1. The first-order chi connectivity index (χ1) is 9.59. The number of fused-ring (bicyclic) bond motifs is 1. The highest BCUT2D eigenvalue weighted by molar-refractivity contribution is 5.82. The Labute approximate surface area is 119 Å². The van der Waals surface area contributed by atoms with E-state index < -0.39 is 6.04 Å². The average Bonchev–Trinajstić information content (AvgIpc) is 2.46. The summed E-state index contributed by atoms with van der Waals surface area (Å²) in [5, 5.41) is 4.01. The van der Waals surface area contributed by atoms with Gasteiger partial charge in [-0.1, -0.05) is 38.1 Å². The van der Waals surface area contributed by atoms with Crippen LogP contribution in [0.4, 0.5) is 0 Å². The minimum Gasteiger partial charge on any atom is -0.354 e. The Morgan fingerprint density at radius 1 is 1.30 bits per heavy atom. The lowest BCUT2D eigenvalue weighted by Crippen LogP contribution is -2.44. The number of carbonyl (C=O) groups excluding carboxylic acids is 1. The molecule has 0 unspecified atom stereocenters. The minimum absolute atomic E-state index is 0.0896. The van der Waals surface area contributed by atoms with Gasteiger partial charge in [0.2, 0.25) is 5.91 Å². The van der Waals surface area contributed by atoms with E-state index in [1.54, 1.807) is 6.20 Å².